The lowest BCUT2D eigenvalue weighted by Gasteiger charge is -2.45. The van der Waals surface area contributed by atoms with Crippen molar-refractivity contribution in [1.82, 2.24) is 34.9 Å². The van der Waals surface area contributed by atoms with Crippen LogP contribution in [0.5, 0.6) is 0 Å². The monoisotopic (exact) mass is 452 g/mol. The van der Waals surface area contributed by atoms with Gasteiger partial charge in [0.1, 0.15) is 11.5 Å². The van der Waals surface area contributed by atoms with Crippen LogP contribution in [0.3, 0.4) is 0 Å². The van der Waals surface area contributed by atoms with Gasteiger partial charge in [0.2, 0.25) is 0 Å². The van der Waals surface area contributed by atoms with E-state index in [-0.39, 0.29) is 18.0 Å². The van der Waals surface area contributed by atoms with Crippen molar-refractivity contribution in [3.05, 3.63) is 34.5 Å². The molecule has 0 radical (unpaired) electrons. The Morgan fingerprint density at radius 1 is 1.21 bits per heavy atom. The van der Waals surface area contributed by atoms with Crippen molar-refractivity contribution in [2.24, 2.45) is 0 Å². The Morgan fingerprint density at radius 2 is 2.00 bits per heavy atom. The lowest BCUT2D eigenvalue weighted by atomic mass is 10.0. The average molecular weight is 453 g/mol. The van der Waals surface area contributed by atoms with Crippen molar-refractivity contribution in [2.75, 3.05) is 25.0 Å². The van der Waals surface area contributed by atoms with E-state index in [1.165, 1.54) is 6.42 Å². The standard InChI is InChI=1S/C23H32N8O2/c1-13-9-18(25-15(3)24-13)21(32)26-20-17-12-31(23(4,5)19(17)27-28-20)22(33)30-11-16-7-6-8-29(16)10-14(30)2/h9,14,16H,6-8,10-12H2,1-5H3,(H2,26,27,28,32)/t14-,16-/m0/s1. The Hall–Kier alpha value is -3.01. The molecular formula is C23H32N8O2. The van der Waals surface area contributed by atoms with Crippen molar-refractivity contribution in [2.45, 2.75) is 71.6 Å². The van der Waals surface area contributed by atoms with Crippen LogP contribution in [0, 0.1) is 13.8 Å². The van der Waals surface area contributed by atoms with Crippen molar-refractivity contribution >= 4 is 17.8 Å². The topological polar surface area (TPSA) is 110 Å². The second kappa shape index (κ2) is 7.79. The molecule has 3 amide bonds. The second-order valence-corrected chi connectivity index (χ2v) is 10.0. The molecule has 0 saturated carbocycles. The smallest absolute Gasteiger partial charge is 0.319 e. The summed E-state index contributed by atoms with van der Waals surface area (Å²) >= 11 is 0. The Kier molecular flexibility index (Phi) is 5.15. The number of aromatic amines is 1. The number of fused-ring (bicyclic) bond motifs is 2. The fourth-order valence-electron chi connectivity index (χ4n) is 5.54. The molecule has 2 aromatic rings. The van der Waals surface area contributed by atoms with Crippen molar-refractivity contribution in [1.29, 1.82) is 0 Å². The number of urea groups is 1. The average Bonchev–Trinajstić information content (AvgIpc) is 3.42. The van der Waals surface area contributed by atoms with E-state index in [1.807, 2.05) is 30.6 Å². The van der Waals surface area contributed by atoms with E-state index in [4.69, 9.17) is 0 Å². The number of aromatic nitrogens is 4. The van der Waals surface area contributed by atoms with E-state index in [2.05, 4.69) is 37.3 Å². The highest BCUT2D eigenvalue weighted by Crippen LogP contribution is 2.41. The third-order valence-corrected chi connectivity index (χ3v) is 7.31. The molecule has 5 heterocycles. The molecule has 0 aliphatic carbocycles. The number of amides is 3. The summed E-state index contributed by atoms with van der Waals surface area (Å²) in [6.45, 7) is 13.0. The minimum atomic E-state index is -0.559. The van der Waals surface area contributed by atoms with Crippen LogP contribution in [0.25, 0.3) is 0 Å². The summed E-state index contributed by atoms with van der Waals surface area (Å²) in [6.07, 6.45) is 2.36. The van der Waals surface area contributed by atoms with Crippen molar-refractivity contribution in [3.63, 3.8) is 0 Å². The van der Waals surface area contributed by atoms with Crippen LogP contribution in [-0.4, -0.2) is 78.5 Å². The molecule has 5 rings (SSSR count). The molecule has 2 N–H and O–H groups in total. The number of nitrogens with one attached hydrogen (secondary N) is 2. The maximum atomic E-state index is 13.7. The highest BCUT2D eigenvalue weighted by Gasteiger charge is 2.47. The summed E-state index contributed by atoms with van der Waals surface area (Å²) in [5.74, 6) is 0.647. The number of carbonyl (C=O) groups excluding carboxylic acids is 2. The molecular weight excluding hydrogens is 420 g/mol. The first-order valence-corrected chi connectivity index (χ1v) is 11.7. The second-order valence-electron chi connectivity index (χ2n) is 10.0. The molecule has 2 aromatic heterocycles. The number of nitrogens with zero attached hydrogens (tertiary/aromatic N) is 6. The third-order valence-electron chi connectivity index (χ3n) is 7.31. The first kappa shape index (κ1) is 21.8. The number of carbonyl (C=O) groups is 2. The van der Waals surface area contributed by atoms with Crippen LogP contribution in [0.2, 0.25) is 0 Å². The van der Waals surface area contributed by atoms with Crippen LogP contribution in [0.4, 0.5) is 10.6 Å². The number of aryl methyl sites for hydroxylation is 2. The van der Waals surface area contributed by atoms with Gasteiger partial charge in [0.15, 0.2) is 5.82 Å². The summed E-state index contributed by atoms with van der Waals surface area (Å²) in [5, 5.41) is 10.3. The van der Waals surface area contributed by atoms with Gasteiger partial charge in [-0.15, -0.1) is 0 Å². The van der Waals surface area contributed by atoms with Crippen LogP contribution in [0.1, 0.15) is 66.9 Å². The predicted octanol–water partition coefficient (Wildman–Crippen LogP) is 2.41. The molecule has 0 aromatic carbocycles. The molecule has 10 heteroatoms. The number of hydrogen-bond acceptors (Lipinski definition) is 6. The summed E-state index contributed by atoms with van der Waals surface area (Å²) in [7, 11) is 0. The minimum Gasteiger partial charge on any atom is -0.319 e. The Bertz CT molecular complexity index is 1090. The lowest BCUT2D eigenvalue weighted by molar-refractivity contribution is 0.0454. The molecule has 33 heavy (non-hydrogen) atoms. The van der Waals surface area contributed by atoms with Crippen LogP contribution < -0.4 is 5.32 Å². The van der Waals surface area contributed by atoms with Gasteiger partial charge in [-0.2, -0.15) is 5.10 Å². The zero-order valence-electron chi connectivity index (χ0n) is 20.0. The molecule has 0 unspecified atom stereocenters. The summed E-state index contributed by atoms with van der Waals surface area (Å²) in [4.78, 5) is 41.4. The maximum absolute atomic E-state index is 13.7. The summed E-state index contributed by atoms with van der Waals surface area (Å²) in [5.41, 5.74) is 2.17. The molecule has 0 bridgehead atoms. The fourth-order valence-corrected chi connectivity index (χ4v) is 5.54. The number of H-pyrrole nitrogens is 1. The van der Waals surface area contributed by atoms with Gasteiger partial charge >= 0.3 is 6.03 Å². The van der Waals surface area contributed by atoms with E-state index < -0.39 is 5.54 Å². The van der Waals surface area contributed by atoms with Crippen molar-refractivity contribution < 1.29 is 9.59 Å². The van der Waals surface area contributed by atoms with Gasteiger partial charge in [0.05, 0.1) is 17.8 Å². The molecule has 10 nitrogen and oxygen atoms in total. The summed E-state index contributed by atoms with van der Waals surface area (Å²) < 4.78 is 0. The third kappa shape index (κ3) is 3.66. The van der Waals surface area contributed by atoms with Gasteiger partial charge in [-0.25, -0.2) is 14.8 Å². The Labute approximate surface area is 193 Å². The normalized spacial score (nSPS) is 24.0. The first-order valence-electron chi connectivity index (χ1n) is 11.7. The highest BCUT2D eigenvalue weighted by molar-refractivity contribution is 6.03. The fraction of sp³-hybridized carbons (Fsp3) is 0.609. The molecule has 2 saturated heterocycles. The quantitative estimate of drug-likeness (QED) is 0.724. The van der Waals surface area contributed by atoms with Gasteiger partial charge in [0, 0.05) is 36.4 Å². The van der Waals surface area contributed by atoms with Gasteiger partial charge in [-0.3, -0.25) is 14.8 Å². The van der Waals surface area contributed by atoms with Crippen LogP contribution >= 0.6 is 0 Å². The minimum absolute atomic E-state index is 0.0444. The van der Waals surface area contributed by atoms with Gasteiger partial charge < -0.3 is 15.1 Å². The molecule has 2 fully saturated rings. The van der Waals surface area contributed by atoms with Gasteiger partial charge in [-0.1, -0.05) is 0 Å². The number of rotatable bonds is 2. The molecule has 2 atom stereocenters. The molecule has 3 aliphatic heterocycles. The van der Waals surface area contributed by atoms with E-state index in [9.17, 15) is 9.59 Å². The van der Waals surface area contributed by atoms with Crippen LogP contribution in [-0.2, 0) is 12.1 Å². The van der Waals surface area contributed by atoms with Gasteiger partial charge in [-0.05, 0) is 60.1 Å². The van der Waals surface area contributed by atoms with E-state index in [1.54, 1.807) is 13.0 Å². The number of anilines is 1. The first-order chi connectivity index (χ1) is 15.6. The zero-order valence-corrected chi connectivity index (χ0v) is 20.0. The largest absolute Gasteiger partial charge is 0.321 e. The van der Waals surface area contributed by atoms with Gasteiger partial charge in [0.25, 0.3) is 5.91 Å². The summed E-state index contributed by atoms with van der Waals surface area (Å²) in [6, 6.07) is 2.33. The lowest BCUT2D eigenvalue weighted by Crippen LogP contribution is -2.60. The SMILES string of the molecule is Cc1cc(C(=O)Nc2n[nH]c3c2CN(C(=O)N2C[C@@H]4CCCN4C[C@@H]2C)C3(C)C)nc(C)n1. The molecule has 3 aliphatic rings. The predicted molar refractivity (Wildman–Crippen MR) is 123 cm³/mol. The van der Waals surface area contributed by atoms with Crippen molar-refractivity contribution in [3.8, 4) is 0 Å². The van der Waals surface area contributed by atoms with E-state index >= 15 is 0 Å². The molecule has 176 valence electrons. The maximum Gasteiger partial charge on any atom is 0.321 e. The zero-order chi connectivity index (χ0) is 23.5. The van der Waals surface area contributed by atoms with E-state index in [0.29, 0.717) is 29.9 Å². The number of hydrogen-bond donors (Lipinski definition) is 2. The highest BCUT2D eigenvalue weighted by atomic mass is 16.2. The molecule has 0 spiro atoms. The Morgan fingerprint density at radius 3 is 2.76 bits per heavy atom. The Balaban J connectivity index is 1.36. The number of piperazine rings is 1. The van der Waals surface area contributed by atoms with Crippen LogP contribution in [0.15, 0.2) is 6.07 Å². The van der Waals surface area contributed by atoms with E-state index in [0.717, 1.165) is 43.0 Å².